The number of fused-ring (bicyclic) bond motifs is 2. The van der Waals surface area contributed by atoms with Gasteiger partial charge in [0.25, 0.3) is 0 Å². The van der Waals surface area contributed by atoms with Crippen LogP contribution in [0.15, 0.2) is 0 Å². The minimum absolute atomic E-state index is 0.0751. The number of hydrogen-bond donors (Lipinski definition) is 1. The molecule has 1 aliphatic heterocycles. The highest BCUT2D eigenvalue weighted by molar-refractivity contribution is 6.02. The lowest BCUT2D eigenvalue weighted by atomic mass is 9.72. The summed E-state index contributed by atoms with van der Waals surface area (Å²) in [6.45, 7) is 7.96. The fraction of sp³-hybridized carbons (Fsp3) is 0.647. The lowest BCUT2D eigenvalue weighted by Crippen LogP contribution is -2.48. The van der Waals surface area contributed by atoms with Crippen molar-refractivity contribution < 1.29 is 9.59 Å². The molecule has 0 radical (unpaired) electrons. The lowest BCUT2D eigenvalue weighted by molar-refractivity contribution is -0.118. The second-order valence-corrected chi connectivity index (χ2v) is 6.60. The van der Waals surface area contributed by atoms with Crippen LogP contribution in [0, 0.1) is 18.8 Å². The fourth-order valence-electron chi connectivity index (χ4n) is 4.14. The van der Waals surface area contributed by atoms with Crippen molar-refractivity contribution in [3.8, 4) is 0 Å². The van der Waals surface area contributed by atoms with E-state index in [-0.39, 0.29) is 11.7 Å². The summed E-state index contributed by atoms with van der Waals surface area (Å²) in [5, 5.41) is 0. The fourth-order valence-corrected chi connectivity index (χ4v) is 4.14. The van der Waals surface area contributed by atoms with Gasteiger partial charge in [0.1, 0.15) is 5.78 Å². The molecule has 0 spiro atoms. The second-order valence-electron chi connectivity index (χ2n) is 6.60. The number of hydrogen-bond acceptors (Lipinski definition) is 3. The third kappa shape index (κ3) is 2.46. The Kier molecular flexibility index (Phi) is 3.74. The number of Topliss-reactive ketones (excluding diaryl/α,β-unsaturated/α-hetero) is 2. The molecule has 1 aromatic rings. The number of likely N-dealkylation sites (tertiary alicyclic amines) is 1. The number of aromatic nitrogens is 1. The Morgan fingerprint density at radius 1 is 1.43 bits per heavy atom. The number of carbonyl (C=O) groups excluding carboxylic acids is 2. The molecule has 1 fully saturated rings. The Balaban J connectivity index is 1.88. The zero-order chi connectivity index (χ0) is 15.1. The average molecular weight is 288 g/mol. The molecule has 1 aliphatic carbocycles. The van der Waals surface area contributed by atoms with Crippen molar-refractivity contribution in [3.63, 3.8) is 0 Å². The Morgan fingerprint density at radius 3 is 2.86 bits per heavy atom. The molecule has 2 aliphatic rings. The monoisotopic (exact) mass is 288 g/mol. The Hall–Kier alpha value is -1.42. The number of aromatic amines is 1. The third-order valence-corrected chi connectivity index (χ3v) is 5.08. The predicted molar refractivity (Wildman–Crippen MR) is 81.7 cm³/mol. The van der Waals surface area contributed by atoms with Gasteiger partial charge in [-0.05, 0) is 51.1 Å². The van der Waals surface area contributed by atoms with E-state index in [1.54, 1.807) is 6.92 Å². The molecule has 114 valence electrons. The van der Waals surface area contributed by atoms with Gasteiger partial charge < -0.3 is 4.98 Å². The summed E-state index contributed by atoms with van der Waals surface area (Å²) < 4.78 is 0. The smallest absolute Gasteiger partial charge is 0.169 e. The second kappa shape index (κ2) is 5.41. The van der Waals surface area contributed by atoms with Crippen LogP contribution in [0.5, 0.6) is 0 Å². The van der Waals surface area contributed by atoms with Gasteiger partial charge in [0.15, 0.2) is 5.78 Å². The summed E-state index contributed by atoms with van der Waals surface area (Å²) in [5.74, 6) is 1.00. The topological polar surface area (TPSA) is 53.2 Å². The Bertz CT molecular complexity index is 588. The number of ketones is 2. The van der Waals surface area contributed by atoms with E-state index in [4.69, 9.17) is 0 Å². The molecule has 2 heterocycles. The Morgan fingerprint density at radius 2 is 2.19 bits per heavy atom. The van der Waals surface area contributed by atoms with E-state index in [0.717, 1.165) is 49.3 Å². The number of carbonyl (C=O) groups is 2. The van der Waals surface area contributed by atoms with E-state index in [1.165, 1.54) is 5.56 Å². The summed E-state index contributed by atoms with van der Waals surface area (Å²) >= 11 is 0. The zero-order valence-electron chi connectivity index (χ0n) is 13.2. The van der Waals surface area contributed by atoms with Gasteiger partial charge in [0.2, 0.25) is 0 Å². The minimum atomic E-state index is 0.0751. The molecule has 21 heavy (non-hydrogen) atoms. The number of piperidine rings is 1. The van der Waals surface area contributed by atoms with E-state index >= 15 is 0 Å². The number of rotatable bonds is 3. The molecule has 0 amide bonds. The summed E-state index contributed by atoms with van der Waals surface area (Å²) in [6, 6.07) is 0. The van der Waals surface area contributed by atoms with Crippen LogP contribution in [-0.2, 0) is 17.6 Å². The van der Waals surface area contributed by atoms with Crippen LogP contribution >= 0.6 is 0 Å². The van der Waals surface area contributed by atoms with Crippen molar-refractivity contribution in [2.24, 2.45) is 11.8 Å². The van der Waals surface area contributed by atoms with Gasteiger partial charge in [-0.15, -0.1) is 0 Å². The highest BCUT2D eigenvalue weighted by Gasteiger charge is 2.41. The predicted octanol–water partition coefficient (Wildman–Crippen LogP) is 2.15. The molecule has 4 nitrogen and oxygen atoms in total. The summed E-state index contributed by atoms with van der Waals surface area (Å²) in [7, 11) is 0. The molecule has 3 rings (SSSR count). The average Bonchev–Trinajstić information content (AvgIpc) is 2.74. The van der Waals surface area contributed by atoms with E-state index in [0.29, 0.717) is 18.2 Å². The third-order valence-electron chi connectivity index (χ3n) is 5.08. The molecule has 0 aromatic carbocycles. The number of aryl methyl sites for hydroxylation is 1. The zero-order valence-corrected chi connectivity index (χ0v) is 13.2. The highest BCUT2D eigenvalue weighted by atomic mass is 16.1. The maximum absolute atomic E-state index is 12.9. The Labute approximate surface area is 125 Å². The van der Waals surface area contributed by atoms with Crippen molar-refractivity contribution in [1.82, 2.24) is 9.88 Å². The largest absolute Gasteiger partial charge is 0.362 e. The molecule has 4 heteroatoms. The quantitative estimate of drug-likeness (QED) is 0.927. The summed E-state index contributed by atoms with van der Waals surface area (Å²) in [5.41, 5.74) is 4.45. The normalized spacial score (nSPS) is 25.6. The number of H-pyrrole nitrogens is 1. The number of nitrogens with zero attached hydrogens (tertiary/aromatic N) is 1. The maximum Gasteiger partial charge on any atom is 0.169 e. The summed E-state index contributed by atoms with van der Waals surface area (Å²) in [4.78, 5) is 29.9. The van der Waals surface area contributed by atoms with Crippen molar-refractivity contribution in [2.45, 2.75) is 40.0 Å². The molecule has 0 unspecified atom stereocenters. The molecule has 2 atom stereocenters. The van der Waals surface area contributed by atoms with Gasteiger partial charge in [-0.2, -0.15) is 0 Å². The first-order chi connectivity index (χ1) is 10.0. The SMILES string of the molecule is CCc1c(C)[nH]c2c1C(=O)[C@@H]1CN(CC(C)=O)CC[C@H]1C2. The maximum atomic E-state index is 12.9. The van der Waals surface area contributed by atoms with E-state index in [9.17, 15) is 9.59 Å². The first-order valence-electron chi connectivity index (χ1n) is 7.97. The van der Waals surface area contributed by atoms with Crippen LogP contribution < -0.4 is 0 Å². The lowest BCUT2D eigenvalue weighted by Gasteiger charge is -2.40. The highest BCUT2D eigenvalue weighted by Crippen LogP contribution is 2.37. The van der Waals surface area contributed by atoms with E-state index < -0.39 is 0 Å². The van der Waals surface area contributed by atoms with Gasteiger partial charge in [0, 0.05) is 29.4 Å². The molecule has 1 aromatic heterocycles. The van der Waals surface area contributed by atoms with Crippen LogP contribution in [0.25, 0.3) is 0 Å². The van der Waals surface area contributed by atoms with Crippen LogP contribution in [0.1, 0.15) is 47.6 Å². The van der Waals surface area contributed by atoms with Gasteiger partial charge >= 0.3 is 0 Å². The molecule has 1 N–H and O–H groups in total. The van der Waals surface area contributed by atoms with Gasteiger partial charge in [-0.3, -0.25) is 14.5 Å². The van der Waals surface area contributed by atoms with Gasteiger partial charge in [-0.1, -0.05) is 6.92 Å². The van der Waals surface area contributed by atoms with Gasteiger partial charge in [0.05, 0.1) is 6.54 Å². The number of nitrogens with one attached hydrogen (secondary N) is 1. The molecular formula is C17H24N2O2. The van der Waals surface area contributed by atoms with Crippen molar-refractivity contribution in [2.75, 3.05) is 19.6 Å². The van der Waals surface area contributed by atoms with Crippen LogP contribution in [0.2, 0.25) is 0 Å². The molecular weight excluding hydrogens is 264 g/mol. The van der Waals surface area contributed by atoms with Crippen LogP contribution in [0.4, 0.5) is 0 Å². The first-order valence-corrected chi connectivity index (χ1v) is 7.97. The van der Waals surface area contributed by atoms with E-state index in [1.807, 2.05) is 0 Å². The van der Waals surface area contributed by atoms with Crippen LogP contribution in [-0.4, -0.2) is 41.1 Å². The standard InChI is InChI=1S/C17H24N2O2/c1-4-13-11(3)18-15-7-12-5-6-19(8-10(2)20)9-14(12)17(21)16(13)15/h12,14,18H,4-9H2,1-3H3/t12-,14+/m0/s1. The first kappa shape index (κ1) is 14.5. The van der Waals surface area contributed by atoms with Gasteiger partial charge in [-0.25, -0.2) is 0 Å². The summed E-state index contributed by atoms with van der Waals surface area (Å²) in [6.07, 6.45) is 2.90. The van der Waals surface area contributed by atoms with Crippen molar-refractivity contribution in [3.05, 3.63) is 22.5 Å². The molecule has 0 bridgehead atoms. The molecule has 1 saturated heterocycles. The van der Waals surface area contributed by atoms with Crippen molar-refractivity contribution in [1.29, 1.82) is 0 Å². The van der Waals surface area contributed by atoms with E-state index in [2.05, 4.69) is 23.7 Å². The minimum Gasteiger partial charge on any atom is -0.362 e. The molecule has 0 saturated carbocycles. The van der Waals surface area contributed by atoms with Crippen LogP contribution in [0.3, 0.4) is 0 Å². The van der Waals surface area contributed by atoms with Crippen molar-refractivity contribution >= 4 is 11.6 Å².